The van der Waals surface area contributed by atoms with Gasteiger partial charge in [0.25, 0.3) is 0 Å². The number of halogens is 1. The summed E-state index contributed by atoms with van der Waals surface area (Å²) in [6.45, 7) is 1.82. The number of hydrogen-bond donors (Lipinski definition) is 1. The zero-order chi connectivity index (χ0) is 12.3. The summed E-state index contributed by atoms with van der Waals surface area (Å²) in [5.41, 5.74) is 0. The van der Waals surface area contributed by atoms with Gasteiger partial charge in [-0.15, -0.1) is 16.7 Å². The maximum atomic E-state index is 5.88. The lowest BCUT2D eigenvalue weighted by molar-refractivity contribution is 0.448. The van der Waals surface area contributed by atoms with Crippen LogP contribution in [-0.4, -0.2) is 27.7 Å². The first-order valence-electron chi connectivity index (χ1n) is 5.96. The largest absolute Gasteiger partial charge is 0.406 e. The third-order valence-electron chi connectivity index (χ3n) is 3.07. The second-order valence-corrected chi connectivity index (χ2v) is 6.22. The second-order valence-electron chi connectivity index (χ2n) is 4.43. The maximum Gasteiger partial charge on any atom is 0.315 e. The van der Waals surface area contributed by atoms with Crippen LogP contribution in [0.1, 0.15) is 43.9 Å². The average molecular weight is 276 g/mol. The van der Waals surface area contributed by atoms with E-state index in [-0.39, 0.29) is 5.38 Å². The summed E-state index contributed by atoms with van der Waals surface area (Å²) in [5, 5.41) is 11.7. The smallest absolute Gasteiger partial charge is 0.315 e. The first kappa shape index (κ1) is 13.0. The number of aromatic nitrogens is 2. The lowest BCUT2D eigenvalue weighted by Crippen LogP contribution is -2.28. The summed E-state index contributed by atoms with van der Waals surface area (Å²) in [6, 6.07) is 0.944. The van der Waals surface area contributed by atoms with Crippen molar-refractivity contribution in [2.75, 3.05) is 11.6 Å². The molecular formula is C11H18ClN3OS. The summed E-state index contributed by atoms with van der Waals surface area (Å²) in [5.74, 6) is 0.478. The van der Waals surface area contributed by atoms with E-state index in [2.05, 4.69) is 21.8 Å². The van der Waals surface area contributed by atoms with Crippen molar-refractivity contribution in [3.8, 4) is 0 Å². The Morgan fingerprint density at radius 1 is 1.47 bits per heavy atom. The molecule has 3 atom stereocenters. The Morgan fingerprint density at radius 2 is 2.29 bits per heavy atom. The standard InChI is InChI=1S/C11H18ClN3OS/c1-7(12)10-14-15-11(16-10)13-8-4-3-5-9(6-8)17-2/h7-9H,3-6H2,1-2H3,(H,13,15). The van der Waals surface area contributed by atoms with Crippen LogP contribution in [0.3, 0.4) is 0 Å². The third kappa shape index (κ3) is 3.52. The minimum absolute atomic E-state index is 0.233. The molecule has 0 radical (unpaired) electrons. The average Bonchev–Trinajstić information content (AvgIpc) is 2.78. The molecule has 1 aliphatic carbocycles. The van der Waals surface area contributed by atoms with Crippen LogP contribution in [0.25, 0.3) is 0 Å². The van der Waals surface area contributed by atoms with Crippen molar-refractivity contribution in [2.45, 2.75) is 49.3 Å². The molecule has 0 saturated heterocycles. The number of alkyl halides is 1. The van der Waals surface area contributed by atoms with Crippen molar-refractivity contribution in [3.63, 3.8) is 0 Å². The molecule has 2 rings (SSSR count). The van der Waals surface area contributed by atoms with Crippen LogP contribution in [0.2, 0.25) is 0 Å². The Balaban J connectivity index is 1.91. The van der Waals surface area contributed by atoms with Gasteiger partial charge in [-0.1, -0.05) is 11.5 Å². The van der Waals surface area contributed by atoms with Crippen LogP contribution in [0.15, 0.2) is 4.42 Å². The van der Waals surface area contributed by atoms with Crippen molar-refractivity contribution in [1.29, 1.82) is 0 Å². The highest BCUT2D eigenvalue weighted by Crippen LogP contribution is 2.29. The molecule has 0 aliphatic heterocycles. The van der Waals surface area contributed by atoms with E-state index in [1.165, 1.54) is 19.3 Å². The van der Waals surface area contributed by atoms with Gasteiger partial charge in [0.2, 0.25) is 5.89 Å². The normalized spacial score (nSPS) is 26.8. The van der Waals surface area contributed by atoms with Gasteiger partial charge in [-0.05, 0) is 32.4 Å². The molecule has 17 heavy (non-hydrogen) atoms. The van der Waals surface area contributed by atoms with Crippen LogP contribution < -0.4 is 5.32 Å². The summed E-state index contributed by atoms with van der Waals surface area (Å²) in [4.78, 5) is 0. The molecule has 3 unspecified atom stereocenters. The fourth-order valence-electron chi connectivity index (χ4n) is 2.12. The molecule has 1 aromatic heterocycles. The van der Waals surface area contributed by atoms with Crippen molar-refractivity contribution in [3.05, 3.63) is 5.89 Å². The lowest BCUT2D eigenvalue weighted by Gasteiger charge is -2.27. The molecule has 1 N–H and O–H groups in total. The number of hydrogen-bond acceptors (Lipinski definition) is 5. The molecule has 0 amide bonds. The minimum Gasteiger partial charge on any atom is -0.406 e. The highest BCUT2D eigenvalue weighted by molar-refractivity contribution is 7.99. The summed E-state index contributed by atoms with van der Waals surface area (Å²) in [6.07, 6.45) is 7.08. The number of thioether (sulfide) groups is 1. The predicted octanol–water partition coefficient (Wildman–Crippen LogP) is 3.46. The molecule has 1 heterocycles. The summed E-state index contributed by atoms with van der Waals surface area (Å²) < 4.78 is 5.44. The van der Waals surface area contributed by atoms with Gasteiger partial charge in [0.1, 0.15) is 5.38 Å². The van der Waals surface area contributed by atoms with E-state index in [0.29, 0.717) is 17.9 Å². The van der Waals surface area contributed by atoms with Gasteiger partial charge in [0, 0.05) is 11.3 Å². The van der Waals surface area contributed by atoms with Crippen molar-refractivity contribution >= 4 is 29.4 Å². The van der Waals surface area contributed by atoms with E-state index in [0.717, 1.165) is 11.7 Å². The Hall–Kier alpha value is -0.420. The van der Waals surface area contributed by atoms with Gasteiger partial charge < -0.3 is 9.73 Å². The van der Waals surface area contributed by atoms with Crippen LogP contribution >= 0.6 is 23.4 Å². The molecule has 0 spiro atoms. The number of anilines is 1. The fourth-order valence-corrected chi connectivity index (χ4v) is 3.03. The molecule has 6 heteroatoms. The van der Waals surface area contributed by atoms with E-state index in [4.69, 9.17) is 16.0 Å². The molecule has 1 aromatic rings. The monoisotopic (exact) mass is 275 g/mol. The zero-order valence-electron chi connectivity index (χ0n) is 10.1. The SMILES string of the molecule is CSC1CCCC(Nc2nnc(C(C)Cl)o2)C1. The van der Waals surface area contributed by atoms with Gasteiger partial charge >= 0.3 is 6.01 Å². The Bertz CT molecular complexity index is 358. The van der Waals surface area contributed by atoms with E-state index < -0.39 is 0 Å². The van der Waals surface area contributed by atoms with Crippen molar-refractivity contribution in [1.82, 2.24) is 10.2 Å². The highest BCUT2D eigenvalue weighted by atomic mass is 35.5. The molecule has 0 aromatic carbocycles. The van der Waals surface area contributed by atoms with Crippen LogP contribution in [-0.2, 0) is 0 Å². The van der Waals surface area contributed by atoms with Gasteiger partial charge in [0.15, 0.2) is 0 Å². The van der Waals surface area contributed by atoms with Crippen LogP contribution in [0.4, 0.5) is 6.01 Å². The number of nitrogens with one attached hydrogen (secondary N) is 1. The van der Waals surface area contributed by atoms with E-state index in [1.807, 2.05) is 18.7 Å². The summed E-state index contributed by atoms with van der Waals surface area (Å²) >= 11 is 7.82. The fraction of sp³-hybridized carbons (Fsp3) is 0.818. The molecule has 1 fully saturated rings. The van der Waals surface area contributed by atoms with E-state index in [9.17, 15) is 0 Å². The molecule has 96 valence electrons. The molecule has 1 aliphatic rings. The Morgan fingerprint density at radius 3 is 2.94 bits per heavy atom. The topological polar surface area (TPSA) is 51.0 Å². The van der Waals surface area contributed by atoms with Gasteiger partial charge in [-0.2, -0.15) is 11.8 Å². The maximum absolute atomic E-state index is 5.88. The first-order chi connectivity index (χ1) is 8.19. The Kier molecular flexibility index (Phi) is 4.56. The molecule has 0 bridgehead atoms. The number of nitrogens with zero attached hydrogens (tertiary/aromatic N) is 2. The van der Waals surface area contributed by atoms with Crippen LogP contribution in [0.5, 0.6) is 0 Å². The van der Waals surface area contributed by atoms with Crippen molar-refractivity contribution < 1.29 is 4.42 Å². The van der Waals surface area contributed by atoms with Crippen molar-refractivity contribution in [2.24, 2.45) is 0 Å². The van der Waals surface area contributed by atoms with Gasteiger partial charge in [-0.25, -0.2) is 0 Å². The van der Waals surface area contributed by atoms with E-state index >= 15 is 0 Å². The second kappa shape index (κ2) is 5.96. The zero-order valence-corrected chi connectivity index (χ0v) is 11.7. The number of rotatable bonds is 4. The van der Waals surface area contributed by atoms with Crippen LogP contribution in [0, 0.1) is 0 Å². The molecule has 4 nitrogen and oxygen atoms in total. The third-order valence-corrected chi connectivity index (χ3v) is 4.35. The quantitative estimate of drug-likeness (QED) is 0.853. The van der Waals surface area contributed by atoms with Gasteiger partial charge in [-0.3, -0.25) is 0 Å². The summed E-state index contributed by atoms with van der Waals surface area (Å²) in [7, 11) is 0. The minimum atomic E-state index is -0.233. The highest BCUT2D eigenvalue weighted by Gasteiger charge is 2.22. The predicted molar refractivity (Wildman–Crippen MR) is 71.7 cm³/mol. The Labute approximate surface area is 111 Å². The first-order valence-corrected chi connectivity index (χ1v) is 7.68. The molecular weight excluding hydrogens is 258 g/mol. The van der Waals surface area contributed by atoms with E-state index in [1.54, 1.807) is 0 Å². The van der Waals surface area contributed by atoms with Gasteiger partial charge in [0.05, 0.1) is 0 Å². The molecule has 1 saturated carbocycles. The lowest BCUT2D eigenvalue weighted by atomic mass is 9.95.